The molecule has 7 heteroatoms. The predicted octanol–water partition coefficient (Wildman–Crippen LogP) is 2.87. The second kappa shape index (κ2) is 11.4. The van der Waals surface area contributed by atoms with Crippen LogP contribution in [0.1, 0.15) is 11.1 Å². The van der Waals surface area contributed by atoms with Gasteiger partial charge in [-0.3, -0.25) is 4.79 Å². The summed E-state index contributed by atoms with van der Waals surface area (Å²) in [6.45, 7) is 3.65. The first-order valence-electron chi connectivity index (χ1n) is 9.03. The molecule has 1 amide bonds. The van der Waals surface area contributed by atoms with Crippen LogP contribution in [0.4, 0.5) is 0 Å². The predicted molar refractivity (Wildman–Crippen MR) is 109 cm³/mol. The van der Waals surface area contributed by atoms with Crippen molar-refractivity contribution in [1.82, 2.24) is 0 Å². The Balaban J connectivity index is 1.76. The Hall–Kier alpha value is -3.50. The zero-order chi connectivity index (χ0) is 21.1. The molecule has 29 heavy (non-hydrogen) atoms. The van der Waals surface area contributed by atoms with E-state index in [1.807, 2.05) is 31.2 Å². The number of ether oxygens (including phenoxy) is 4. The van der Waals surface area contributed by atoms with Crippen molar-refractivity contribution in [3.05, 3.63) is 59.2 Å². The van der Waals surface area contributed by atoms with E-state index in [4.69, 9.17) is 29.9 Å². The van der Waals surface area contributed by atoms with E-state index in [-0.39, 0.29) is 5.57 Å². The topological polar surface area (TPSA) is 104 Å². The van der Waals surface area contributed by atoms with Gasteiger partial charge < -0.3 is 24.7 Å². The third-order valence-corrected chi connectivity index (χ3v) is 3.89. The van der Waals surface area contributed by atoms with Crippen molar-refractivity contribution in [1.29, 1.82) is 5.26 Å². The highest BCUT2D eigenvalue weighted by molar-refractivity contribution is 6.00. The normalized spacial score (nSPS) is 10.9. The van der Waals surface area contributed by atoms with Crippen LogP contribution in [-0.4, -0.2) is 39.4 Å². The van der Waals surface area contributed by atoms with Gasteiger partial charge in [-0.1, -0.05) is 23.8 Å². The van der Waals surface area contributed by atoms with Crippen molar-refractivity contribution in [2.75, 3.05) is 33.5 Å². The van der Waals surface area contributed by atoms with Crippen LogP contribution in [0.5, 0.6) is 17.2 Å². The number of benzene rings is 2. The van der Waals surface area contributed by atoms with E-state index in [1.165, 1.54) is 18.7 Å². The van der Waals surface area contributed by atoms with Gasteiger partial charge in [0.15, 0.2) is 11.5 Å². The Kier molecular flexibility index (Phi) is 8.54. The molecule has 0 radical (unpaired) electrons. The lowest BCUT2D eigenvalue weighted by molar-refractivity contribution is -0.114. The quantitative estimate of drug-likeness (QED) is 0.356. The number of nitrogens with two attached hydrogens (primary N) is 1. The molecule has 0 aliphatic heterocycles. The van der Waals surface area contributed by atoms with Gasteiger partial charge in [0.05, 0.1) is 20.3 Å². The van der Waals surface area contributed by atoms with Gasteiger partial charge in [-0.15, -0.1) is 0 Å². The lowest BCUT2D eigenvalue weighted by Crippen LogP contribution is -2.12. The molecule has 0 aromatic heterocycles. The fourth-order valence-electron chi connectivity index (χ4n) is 2.38. The second-order valence-electron chi connectivity index (χ2n) is 6.07. The van der Waals surface area contributed by atoms with E-state index in [0.29, 0.717) is 43.5 Å². The number of nitrogens with zero attached hydrogens (tertiary/aromatic N) is 1. The number of nitriles is 1. The van der Waals surface area contributed by atoms with Gasteiger partial charge >= 0.3 is 0 Å². The van der Waals surface area contributed by atoms with Gasteiger partial charge in [0.25, 0.3) is 5.91 Å². The zero-order valence-electron chi connectivity index (χ0n) is 16.5. The number of methoxy groups -OCH3 is 1. The summed E-state index contributed by atoms with van der Waals surface area (Å²) in [6, 6.07) is 14.7. The smallest absolute Gasteiger partial charge is 0.259 e. The van der Waals surface area contributed by atoms with Crippen molar-refractivity contribution in [3.8, 4) is 23.3 Å². The van der Waals surface area contributed by atoms with Gasteiger partial charge in [-0.2, -0.15) is 5.26 Å². The molecular formula is C22H24N2O5. The molecule has 7 nitrogen and oxygen atoms in total. The first kappa shape index (κ1) is 21.8. The lowest BCUT2D eigenvalue weighted by Gasteiger charge is -2.12. The summed E-state index contributed by atoms with van der Waals surface area (Å²) in [4.78, 5) is 11.2. The fourth-order valence-corrected chi connectivity index (χ4v) is 2.38. The molecule has 0 bridgehead atoms. The minimum atomic E-state index is -0.782. The molecule has 2 N–H and O–H groups in total. The Bertz CT molecular complexity index is 885. The number of hydrogen-bond donors (Lipinski definition) is 1. The maximum atomic E-state index is 11.2. The van der Waals surface area contributed by atoms with Crippen molar-refractivity contribution in [2.24, 2.45) is 5.73 Å². The SMILES string of the molecule is COc1cc(/C=C(/C#N)C(N)=O)ccc1OCCOCCOc1ccc(C)cc1. The van der Waals surface area contributed by atoms with Crippen molar-refractivity contribution in [3.63, 3.8) is 0 Å². The fraction of sp³-hybridized carbons (Fsp3) is 0.273. The van der Waals surface area contributed by atoms with Gasteiger partial charge in [0.2, 0.25) is 0 Å². The molecule has 2 aromatic carbocycles. The number of primary amides is 1. The molecule has 0 spiro atoms. The molecule has 0 aliphatic carbocycles. The Morgan fingerprint density at radius 2 is 1.72 bits per heavy atom. The molecule has 0 saturated carbocycles. The summed E-state index contributed by atoms with van der Waals surface area (Å²) >= 11 is 0. The molecule has 0 fully saturated rings. The third-order valence-electron chi connectivity index (χ3n) is 3.89. The lowest BCUT2D eigenvalue weighted by atomic mass is 10.1. The van der Waals surface area contributed by atoms with E-state index in [0.717, 1.165) is 5.75 Å². The van der Waals surface area contributed by atoms with E-state index >= 15 is 0 Å². The Labute approximate surface area is 170 Å². The van der Waals surface area contributed by atoms with Gasteiger partial charge in [0, 0.05) is 0 Å². The van der Waals surface area contributed by atoms with E-state index in [1.54, 1.807) is 24.3 Å². The standard InChI is InChI=1S/C22H24N2O5/c1-16-3-6-19(7-4-16)28-11-9-27-10-12-29-20-8-5-17(14-21(20)26-2)13-18(15-23)22(24)25/h3-8,13-14H,9-12H2,1-2H3,(H2,24,25)/b18-13-. The Morgan fingerprint density at radius 3 is 2.34 bits per heavy atom. The van der Waals surface area contributed by atoms with Crippen LogP contribution in [-0.2, 0) is 9.53 Å². The molecule has 0 heterocycles. The summed E-state index contributed by atoms with van der Waals surface area (Å²) in [7, 11) is 1.51. The van der Waals surface area contributed by atoms with Crippen LogP contribution >= 0.6 is 0 Å². The van der Waals surface area contributed by atoms with E-state index < -0.39 is 5.91 Å². The van der Waals surface area contributed by atoms with Crippen LogP contribution < -0.4 is 19.9 Å². The first-order chi connectivity index (χ1) is 14.0. The zero-order valence-corrected chi connectivity index (χ0v) is 16.5. The van der Waals surface area contributed by atoms with Crippen LogP contribution in [0, 0.1) is 18.3 Å². The van der Waals surface area contributed by atoms with Crippen LogP contribution in [0.3, 0.4) is 0 Å². The molecule has 0 aliphatic rings. The molecule has 0 unspecified atom stereocenters. The summed E-state index contributed by atoms with van der Waals surface area (Å²) in [5, 5.41) is 8.92. The highest BCUT2D eigenvalue weighted by Gasteiger charge is 2.08. The maximum absolute atomic E-state index is 11.2. The minimum Gasteiger partial charge on any atom is -0.493 e. The molecule has 2 rings (SSSR count). The molecule has 152 valence electrons. The maximum Gasteiger partial charge on any atom is 0.259 e. The number of aryl methyl sites for hydroxylation is 1. The summed E-state index contributed by atoms with van der Waals surface area (Å²) in [5.74, 6) is 1.03. The van der Waals surface area contributed by atoms with Gasteiger partial charge in [-0.25, -0.2) is 0 Å². The number of hydrogen-bond acceptors (Lipinski definition) is 6. The summed E-state index contributed by atoms with van der Waals surface area (Å²) < 4.78 is 22.1. The summed E-state index contributed by atoms with van der Waals surface area (Å²) in [5.41, 5.74) is 6.79. The average molecular weight is 396 g/mol. The second-order valence-corrected chi connectivity index (χ2v) is 6.07. The molecule has 0 atom stereocenters. The van der Waals surface area contributed by atoms with Crippen molar-refractivity contribution >= 4 is 12.0 Å². The molecule has 2 aromatic rings. The highest BCUT2D eigenvalue weighted by Crippen LogP contribution is 2.28. The largest absolute Gasteiger partial charge is 0.493 e. The number of carbonyl (C=O) groups excluding carboxylic acids is 1. The number of amides is 1. The number of rotatable bonds is 11. The number of carbonyl (C=O) groups is 1. The first-order valence-corrected chi connectivity index (χ1v) is 9.03. The van der Waals surface area contributed by atoms with Gasteiger partial charge in [0.1, 0.15) is 30.6 Å². The third kappa shape index (κ3) is 7.20. The summed E-state index contributed by atoms with van der Waals surface area (Å²) in [6.07, 6.45) is 1.39. The molecule has 0 saturated heterocycles. The van der Waals surface area contributed by atoms with Gasteiger partial charge in [-0.05, 0) is 42.8 Å². The average Bonchev–Trinajstić information content (AvgIpc) is 2.72. The monoisotopic (exact) mass is 396 g/mol. The van der Waals surface area contributed by atoms with Crippen LogP contribution in [0.25, 0.3) is 6.08 Å². The highest BCUT2D eigenvalue weighted by atomic mass is 16.6. The van der Waals surface area contributed by atoms with Crippen molar-refractivity contribution < 1.29 is 23.7 Å². The van der Waals surface area contributed by atoms with Crippen LogP contribution in [0.15, 0.2) is 48.0 Å². The van der Waals surface area contributed by atoms with Crippen molar-refractivity contribution in [2.45, 2.75) is 6.92 Å². The molecular weight excluding hydrogens is 372 g/mol. The minimum absolute atomic E-state index is 0.137. The van der Waals surface area contributed by atoms with Crippen LogP contribution in [0.2, 0.25) is 0 Å². The van der Waals surface area contributed by atoms with E-state index in [2.05, 4.69) is 0 Å². The van der Waals surface area contributed by atoms with E-state index in [9.17, 15) is 4.79 Å². The Morgan fingerprint density at radius 1 is 1.03 bits per heavy atom.